The van der Waals surface area contributed by atoms with Crippen molar-refractivity contribution in [2.75, 3.05) is 26.1 Å². The Morgan fingerprint density at radius 1 is 1.07 bits per heavy atom. The molecule has 0 spiro atoms. The summed E-state index contributed by atoms with van der Waals surface area (Å²) in [5.74, 6) is 0.579. The van der Waals surface area contributed by atoms with Crippen LogP contribution >= 0.6 is 0 Å². The topological polar surface area (TPSA) is 94.1 Å². The fraction of sp³-hybridized carbons (Fsp3) is 0.304. The van der Waals surface area contributed by atoms with Crippen LogP contribution in [0.15, 0.2) is 42.5 Å². The lowest BCUT2D eigenvalue weighted by molar-refractivity contribution is -0.137. The van der Waals surface area contributed by atoms with Gasteiger partial charge in [0.25, 0.3) is 0 Å². The fourth-order valence-electron chi connectivity index (χ4n) is 2.73. The van der Waals surface area contributed by atoms with Crippen LogP contribution in [0.2, 0.25) is 0 Å². The van der Waals surface area contributed by atoms with Gasteiger partial charge in [-0.15, -0.1) is 0 Å². The maximum absolute atomic E-state index is 12.5. The van der Waals surface area contributed by atoms with E-state index >= 15 is 0 Å². The van der Waals surface area contributed by atoms with Crippen molar-refractivity contribution in [3.8, 4) is 17.2 Å². The number of nitrogens with one attached hydrogen (secondary N) is 1. The molecule has 0 aliphatic heterocycles. The molecular formula is C23H27NO6. The molecule has 1 amide bonds. The summed E-state index contributed by atoms with van der Waals surface area (Å²) in [6, 6.07) is 10.6. The SMILES string of the molecule is CCCOc1ccc(CCC(=O)O)cc1NC(=O)/C=C/c1cc(OC)ccc1OC. The van der Waals surface area contributed by atoms with E-state index in [2.05, 4.69) is 5.32 Å². The highest BCUT2D eigenvalue weighted by Gasteiger charge is 2.10. The van der Waals surface area contributed by atoms with Crippen LogP contribution in [-0.4, -0.2) is 37.8 Å². The molecule has 2 aromatic rings. The first kappa shape index (κ1) is 22.8. The predicted octanol–water partition coefficient (Wildman–Crippen LogP) is 4.16. The van der Waals surface area contributed by atoms with Gasteiger partial charge in [0.2, 0.25) is 5.91 Å². The Morgan fingerprint density at radius 3 is 2.50 bits per heavy atom. The Bertz CT molecular complexity index is 907. The summed E-state index contributed by atoms with van der Waals surface area (Å²) in [6.45, 7) is 2.50. The minimum absolute atomic E-state index is 0.0120. The van der Waals surface area contributed by atoms with Crippen molar-refractivity contribution in [2.45, 2.75) is 26.2 Å². The number of hydrogen-bond donors (Lipinski definition) is 2. The minimum Gasteiger partial charge on any atom is -0.497 e. The average molecular weight is 413 g/mol. The number of rotatable bonds is 11. The number of hydrogen-bond acceptors (Lipinski definition) is 5. The van der Waals surface area contributed by atoms with Crippen LogP contribution in [-0.2, 0) is 16.0 Å². The number of benzene rings is 2. The molecule has 0 unspecified atom stereocenters. The van der Waals surface area contributed by atoms with Crippen molar-refractivity contribution in [3.05, 3.63) is 53.6 Å². The van der Waals surface area contributed by atoms with Crippen molar-refractivity contribution >= 4 is 23.6 Å². The van der Waals surface area contributed by atoms with Gasteiger partial charge in [-0.3, -0.25) is 9.59 Å². The third-order valence-corrected chi connectivity index (χ3v) is 4.24. The molecule has 0 saturated heterocycles. The third kappa shape index (κ3) is 6.84. The number of methoxy groups -OCH3 is 2. The molecule has 160 valence electrons. The summed E-state index contributed by atoms with van der Waals surface area (Å²) in [4.78, 5) is 23.4. The lowest BCUT2D eigenvalue weighted by Crippen LogP contribution is -2.10. The van der Waals surface area contributed by atoms with Crippen molar-refractivity contribution in [2.24, 2.45) is 0 Å². The average Bonchev–Trinajstić information content (AvgIpc) is 2.75. The van der Waals surface area contributed by atoms with Crippen molar-refractivity contribution in [1.82, 2.24) is 0 Å². The molecule has 0 radical (unpaired) electrons. The molecule has 0 fully saturated rings. The minimum atomic E-state index is -0.873. The molecule has 2 N–H and O–H groups in total. The largest absolute Gasteiger partial charge is 0.497 e. The second-order valence-electron chi connectivity index (χ2n) is 6.50. The van der Waals surface area contributed by atoms with Gasteiger partial charge in [-0.05, 0) is 54.8 Å². The second kappa shape index (κ2) is 11.5. The summed E-state index contributed by atoms with van der Waals surface area (Å²) in [6.07, 6.45) is 4.23. The maximum atomic E-state index is 12.5. The highest BCUT2D eigenvalue weighted by molar-refractivity contribution is 6.03. The van der Waals surface area contributed by atoms with E-state index in [1.54, 1.807) is 56.7 Å². The molecule has 0 saturated carbocycles. The molecule has 0 aliphatic carbocycles. The zero-order valence-corrected chi connectivity index (χ0v) is 17.4. The van der Waals surface area contributed by atoms with Gasteiger partial charge in [0.05, 0.1) is 26.5 Å². The van der Waals surface area contributed by atoms with Crippen LogP contribution in [0.25, 0.3) is 6.08 Å². The van der Waals surface area contributed by atoms with E-state index in [-0.39, 0.29) is 12.3 Å². The van der Waals surface area contributed by atoms with Crippen molar-refractivity contribution in [3.63, 3.8) is 0 Å². The van der Waals surface area contributed by atoms with E-state index in [1.807, 2.05) is 6.92 Å². The Labute approximate surface area is 176 Å². The molecule has 7 heteroatoms. The van der Waals surface area contributed by atoms with E-state index in [0.717, 1.165) is 12.0 Å². The molecule has 2 aromatic carbocycles. The molecule has 0 heterocycles. The van der Waals surface area contributed by atoms with E-state index in [0.29, 0.717) is 41.5 Å². The summed E-state index contributed by atoms with van der Waals surface area (Å²) >= 11 is 0. The number of amides is 1. The Kier molecular flexibility index (Phi) is 8.75. The van der Waals surface area contributed by atoms with Gasteiger partial charge in [-0.1, -0.05) is 13.0 Å². The van der Waals surface area contributed by atoms with Crippen molar-refractivity contribution in [1.29, 1.82) is 0 Å². The smallest absolute Gasteiger partial charge is 0.303 e. The Balaban J connectivity index is 2.20. The van der Waals surface area contributed by atoms with E-state index in [4.69, 9.17) is 19.3 Å². The lowest BCUT2D eigenvalue weighted by Gasteiger charge is -2.13. The summed E-state index contributed by atoms with van der Waals surface area (Å²) in [5.41, 5.74) is 2.00. The van der Waals surface area contributed by atoms with Gasteiger partial charge in [-0.2, -0.15) is 0 Å². The zero-order valence-electron chi connectivity index (χ0n) is 17.4. The third-order valence-electron chi connectivity index (χ3n) is 4.24. The normalized spacial score (nSPS) is 10.6. The van der Waals surface area contributed by atoms with Crippen molar-refractivity contribution < 1.29 is 28.9 Å². The number of ether oxygens (including phenoxy) is 3. The number of aryl methyl sites for hydroxylation is 1. The molecule has 0 atom stereocenters. The number of carboxylic acids is 1. The molecule has 2 rings (SSSR count). The number of carbonyl (C=O) groups excluding carboxylic acids is 1. The fourth-order valence-corrected chi connectivity index (χ4v) is 2.73. The highest BCUT2D eigenvalue weighted by Crippen LogP contribution is 2.28. The second-order valence-corrected chi connectivity index (χ2v) is 6.50. The van der Waals surface area contributed by atoms with Crippen LogP contribution in [0.1, 0.15) is 30.9 Å². The Morgan fingerprint density at radius 2 is 1.83 bits per heavy atom. The van der Waals surface area contributed by atoms with E-state index in [9.17, 15) is 9.59 Å². The first-order valence-electron chi connectivity index (χ1n) is 9.65. The highest BCUT2D eigenvalue weighted by atomic mass is 16.5. The van der Waals surface area contributed by atoms with Crippen LogP contribution < -0.4 is 19.5 Å². The first-order valence-corrected chi connectivity index (χ1v) is 9.65. The molecule has 30 heavy (non-hydrogen) atoms. The van der Waals surface area contributed by atoms with E-state index in [1.165, 1.54) is 6.08 Å². The standard InChI is InChI=1S/C23H27NO6/c1-4-13-30-21-9-5-16(6-12-23(26)27)14-19(21)24-22(25)11-7-17-15-18(28-2)8-10-20(17)29-3/h5,7-11,14-15H,4,6,12-13H2,1-3H3,(H,24,25)(H,26,27)/b11-7+. The number of aliphatic carboxylic acids is 1. The molecule has 0 bridgehead atoms. The number of carbonyl (C=O) groups is 2. The van der Waals surface area contributed by atoms with Gasteiger partial charge in [0, 0.05) is 18.1 Å². The predicted molar refractivity (Wildman–Crippen MR) is 115 cm³/mol. The van der Waals surface area contributed by atoms with Gasteiger partial charge in [0.1, 0.15) is 17.2 Å². The number of anilines is 1. The lowest BCUT2D eigenvalue weighted by atomic mass is 10.1. The summed E-state index contributed by atoms with van der Waals surface area (Å²) in [5, 5.41) is 11.7. The quantitative estimate of drug-likeness (QED) is 0.537. The van der Waals surface area contributed by atoms with E-state index < -0.39 is 5.97 Å². The summed E-state index contributed by atoms with van der Waals surface area (Å²) < 4.78 is 16.2. The van der Waals surface area contributed by atoms with Gasteiger partial charge >= 0.3 is 5.97 Å². The zero-order chi connectivity index (χ0) is 21.9. The molecular weight excluding hydrogens is 386 g/mol. The Hall–Kier alpha value is -3.48. The van der Waals surface area contributed by atoms with Gasteiger partial charge < -0.3 is 24.6 Å². The van der Waals surface area contributed by atoms with Crippen LogP contribution in [0.4, 0.5) is 5.69 Å². The molecule has 0 aliphatic rings. The maximum Gasteiger partial charge on any atom is 0.303 e. The van der Waals surface area contributed by atoms with Crippen LogP contribution in [0, 0.1) is 0 Å². The van der Waals surface area contributed by atoms with Crippen LogP contribution in [0.5, 0.6) is 17.2 Å². The molecule has 7 nitrogen and oxygen atoms in total. The molecule has 0 aromatic heterocycles. The number of carboxylic acid groups (broad SMARTS) is 1. The monoisotopic (exact) mass is 413 g/mol. The van der Waals surface area contributed by atoms with Crippen LogP contribution in [0.3, 0.4) is 0 Å². The first-order chi connectivity index (χ1) is 14.5. The van der Waals surface area contributed by atoms with Gasteiger partial charge in [0.15, 0.2) is 0 Å². The van der Waals surface area contributed by atoms with Gasteiger partial charge in [-0.25, -0.2) is 0 Å². The summed E-state index contributed by atoms with van der Waals surface area (Å²) in [7, 11) is 3.12.